The van der Waals surface area contributed by atoms with Crippen molar-refractivity contribution in [1.29, 1.82) is 0 Å². The maximum Gasteiger partial charge on any atom is 0.240 e. The van der Waals surface area contributed by atoms with Gasteiger partial charge in [-0.05, 0) is 42.4 Å². The third-order valence-electron chi connectivity index (χ3n) is 4.63. The fourth-order valence-electron chi connectivity index (χ4n) is 2.87. The highest BCUT2D eigenvalue weighted by Gasteiger charge is 2.14. The zero-order chi connectivity index (χ0) is 21.3. The molecule has 158 valence electrons. The molecule has 0 atom stereocenters. The van der Waals surface area contributed by atoms with Crippen molar-refractivity contribution >= 4 is 31.9 Å². The van der Waals surface area contributed by atoms with Gasteiger partial charge in [0.2, 0.25) is 15.9 Å². The van der Waals surface area contributed by atoms with Crippen LogP contribution in [0.2, 0.25) is 0 Å². The summed E-state index contributed by atoms with van der Waals surface area (Å²) >= 11 is 3.26. The standard InChI is InChI=1S/C21H28BrN3O3S/c1-3-25(4-2)16-18-9-6-5-8-17(18)15-23-21(26)12-13-24-29(27,28)20-11-7-10-19(22)14-20/h5-11,14,24H,3-4,12-13,15-16H2,1-2H3,(H,23,26). The van der Waals surface area contributed by atoms with Crippen LogP contribution < -0.4 is 10.0 Å². The predicted octanol–water partition coefficient (Wildman–Crippen LogP) is 3.28. The van der Waals surface area contributed by atoms with Crippen molar-refractivity contribution in [2.45, 2.75) is 38.3 Å². The zero-order valence-electron chi connectivity index (χ0n) is 16.8. The Morgan fingerprint density at radius 2 is 1.72 bits per heavy atom. The molecule has 0 aliphatic heterocycles. The minimum atomic E-state index is -3.64. The van der Waals surface area contributed by atoms with Crippen LogP contribution in [0.15, 0.2) is 57.9 Å². The van der Waals surface area contributed by atoms with Crippen molar-refractivity contribution < 1.29 is 13.2 Å². The van der Waals surface area contributed by atoms with Gasteiger partial charge in [0.05, 0.1) is 4.90 Å². The molecule has 0 aliphatic carbocycles. The molecule has 2 N–H and O–H groups in total. The second-order valence-electron chi connectivity index (χ2n) is 6.61. The van der Waals surface area contributed by atoms with Crippen molar-refractivity contribution in [2.24, 2.45) is 0 Å². The summed E-state index contributed by atoms with van der Waals surface area (Å²) in [6.45, 7) is 7.50. The summed E-state index contributed by atoms with van der Waals surface area (Å²) < 4.78 is 27.7. The largest absolute Gasteiger partial charge is 0.352 e. The van der Waals surface area contributed by atoms with Crippen LogP contribution in [0, 0.1) is 0 Å². The Morgan fingerprint density at radius 3 is 2.38 bits per heavy atom. The second kappa shape index (κ2) is 11.4. The molecule has 2 aromatic rings. The summed E-state index contributed by atoms with van der Waals surface area (Å²) in [5.41, 5.74) is 2.26. The first-order valence-electron chi connectivity index (χ1n) is 9.66. The number of hydrogen-bond donors (Lipinski definition) is 2. The van der Waals surface area contributed by atoms with Crippen LogP contribution in [0.4, 0.5) is 0 Å². The number of benzene rings is 2. The van der Waals surface area contributed by atoms with Gasteiger partial charge in [-0.15, -0.1) is 0 Å². The molecule has 1 amide bonds. The molecule has 0 fully saturated rings. The molecule has 6 nitrogen and oxygen atoms in total. The first kappa shape index (κ1) is 23.5. The summed E-state index contributed by atoms with van der Waals surface area (Å²) in [6, 6.07) is 14.5. The van der Waals surface area contributed by atoms with Gasteiger partial charge in [-0.2, -0.15) is 0 Å². The molecule has 0 bridgehead atoms. The molecular weight excluding hydrogens is 454 g/mol. The summed E-state index contributed by atoms with van der Waals surface area (Å²) in [5.74, 6) is -0.195. The van der Waals surface area contributed by atoms with Crippen LogP contribution in [-0.2, 0) is 27.9 Å². The lowest BCUT2D eigenvalue weighted by Crippen LogP contribution is -2.31. The molecule has 0 spiro atoms. The first-order valence-corrected chi connectivity index (χ1v) is 11.9. The summed E-state index contributed by atoms with van der Waals surface area (Å²) in [7, 11) is -3.64. The van der Waals surface area contributed by atoms with Crippen molar-refractivity contribution in [1.82, 2.24) is 14.9 Å². The van der Waals surface area contributed by atoms with Gasteiger partial charge >= 0.3 is 0 Å². The van der Waals surface area contributed by atoms with E-state index in [0.717, 1.165) is 25.2 Å². The van der Waals surface area contributed by atoms with E-state index in [-0.39, 0.29) is 23.8 Å². The fraction of sp³-hybridized carbons (Fsp3) is 0.381. The average Bonchev–Trinajstić information content (AvgIpc) is 2.71. The highest BCUT2D eigenvalue weighted by molar-refractivity contribution is 9.10. The van der Waals surface area contributed by atoms with Crippen molar-refractivity contribution in [3.63, 3.8) is 0 Å². The number of nitrogens with zero attached hydrogens (tertiary/aromatic N) is 1. The average molecular weight is 482 g/mol. The summed E-state index contributed by atoms with van der Waals surface area (Å²) in [6.07, 6.45) is 0.0748. The topological polar surface area (TPSA) is 78.5 Å². The number of halogens is 1. The molecule has 0 saturated carbocycles. The number of amides is 1. The first-order chi connectivity index (χ1) is 13.9. The third kappa shape index (κ3) is 7.54. The van der Waals surface area contributed by atoms with E-state index in [4.69, 9.17) is 0 Å². The minimum absolute atomic E-state index is 0.0434. The van der Waals surface area contributed by atoms with Gasteiger partial charge in [-0.25, -0.2) is 13.1 Å². The van der Waals surface area contributed by atoms with Gasteiger partial charge < -0.3 is 5.32 Å². The van der Waals surface area contributed by atoms with E-state index in [1.807, 2.05) is 18.2 Å². The monoisotopic (exact) mass is 481 g/mol. The maximum atomic E-state index is 12.3. The summed E-state index contributed by atoms with van der Waals surface area (Å²) in [4.78, 5) is 14.7. The highest BCUT2D eigenvalue weighted by atomic mass is 79.9. The number of nitrogens with one attached hydrogen (secondary N) is 2. The van der Waals surface area contributed by atoms with E-state index < -0.39 is 10.0 Å². The number of rotatable bonds is 11. The second-order valence-corrected chi connectivity index (χ2v) is 9.29. The van der Waals surface area contributed by atoms with Gasteiger partial charge in [0.15, 0.2) is 0 Å². The quantitative estimate of drug-likeness (QED) is 0.516. The van der Waals surface area contributed by atoms with E-state index in [1.54, 1.807) is 12.1 Å². The normalized spacial score (nSPS) is 11.6. The van der Waals surface area contributed by atoms with E-state index in [1.165, 1.54) is 17.7 Å². The Labute approximate surface area is 181 Å². The molecule has 2 aromatic carbocycles. The molecule has 0 radical (unpaired) electrons. The molecule has 0 saturated heterocycles. The van der Waals surface area contributed by atoms with Gasteiger partial charge in [0, 0.05) is 30.5 Å². The van der Waals surface area contributed by atoms with Gasteiger partial charge in [-0.3, -0.25) is 9.69 Å². The van der Waals surface area contributed by atoms with Gasteiger partial charge in [0.25, 0.3) is 0 Å². The number of sulfonamides is 1. The molecule has 8 heteroatoms. The van der Waals surface area contributed by atoms with E-state index in [0.29, 0.717) is 11.0 Å². The zero-order valence-corrected chi connectivity index (χ0v) is 19.2. The van der Waals surface area contributed by atoms with Gasteiger partial charge in [0.1, 0.15) is 0 Å². The van der Waals surface area contributed by atoms with Crippen LogP contribution in [0.1, 0.15) is 31.4 Å². The van der Waals surface area contributed by atoms with Crippen LogP contribution in [0.25, 0.3) is 0 Å². The Balaban J connectivity index is 1.85. The van der Waals surface area contributed by atoms with Gasteiger partial charge in [-0.1, -0.05) is 60.1 Å². The SMILES string of the molecule is CCN(CC)Cc1ccccc1CNC(=O)CCNS(=O)(=O)c1cccc(Br)c1. The fourth-order valence-corrected chi connectivity index (χ4v) is 4.50. The molecule has 0 aliphatic rings. The van der Waals surface area contributed by atoms with E-state index in [9.17, 15) is 13.2 Å². The van der Waals surface area contributed by atoms with Crippen molar-refractivity contribution in [3.8, 4) is 0 Å². The third-order valence-corrected chi connectivity index (χ3v) is 6.59. The Hall–Kier alpha value is -1.74. The molecule has 29 heavy (non-hydrogen) atoms. The lowest BCUT2D eigenvalue weighted by Gasteiger charge is -2.20. The molecule has 0 unspecified atom stereocenters. The molecular formula is C21H28BrN3O3S. The highest BCUT2D eigenvalue weighted by Crippen LogP contribution is 2.16. The maximum absolute atomic E-state index is 12.3. The Morgan fingerprint density at radius 1 is 1.03 bits per heavy atom. The Kier molecular flexibility index (Phi) is 9.29. The lowest BCUT2D eigenvalue weighted by molar-refractivity contribution is -0.121. The predicted molar refractivity (Wildman–Crippen MR) is 119 cm³/mol. The van der Waals surface area contributed by atoms with E-state index >= 15 is 0 Å². The minimum Gasteiger partial charge on any atom is -0.352 e. The van der Waals surface area contributed by atoms with Crippen LogP contribution in [0.5, 0.6) is 0 Å². The number of carbonyl (C=O) groups excluding carboxylic acids is 1. The number of carbonyl (C=O) groups is 1. The molecule has 2 rings (SSSR count). The summed E-state index contributed by atoms with van der Waals surface area (Å²) in [5, 5.41) is 2.88. The lowest BCUT2D eigenvalue weighted by atomic mass is 10.1. The molecule has 0 heterocycles. The van der Waals surface area contributed by atoms with Crippen LogP contribution in [0.3, 0.4) is 0 Å². The van der Waals surface area contributed by atoms with Crippen LogP contribution in [-0.4, -0.2) is 38.9 Å². The number of hydrogen-bond acceptors (Lipinski definition) is 4. The van der Waals surface area contributed by atoms with Crippen molar-refractivity contribution in [3.05, 3.63) is 64.1 Å². The Bertz CT molecular complexity index is 915. The smallest absolute Gasteiger partial charge is 0.240 e. The van der Waals surface area contributed by atoms with E-state index in [2.05, 4.69) is 50.8 Å². The van der Waals surface area contributed by atoms with Crippen LogP contribution >= 0.6 is 15.9 Å². The van der Waals surface area contributed by atoms with Crippen molar-refractivity contribution in [2.75, 3.05) is 19.6 Å². The molecule has 0 aromatic heterocycles.